The Bertz CT molecular complexity index is 733. The highest BCUT2D eigenvalue weighted by molar-refractivity contribution is 8.26. The van der Waals surface area contributed by atoms with Crippen LogP contribution in [-0.2, 0) is 19.7 Å². The summed E-state index contributed by atoms with van der Waals surface area (Å²) >= 11 is 6.65. The second-order valence-electron chi connectivity index (χ2n) is 7.53. The number of hydrogen-bond donors (Lipinski definition) is 0. The van der Waals surface area contributed by atoms with Gasteiger partial charge in [0.15, 0.2) is 0 Å². The molecule has 1 amide bonds. The Labute approximate surface area is 171 Å². The van der Waals surface area contributed by atoms with E-state index < -0.39 is 0 Å². The molecule has 0 spiro atoms. The molecule has 0 unspecified atom stereocenters. The molecule has 27 heavy (non-hydrogen) atoms. The first-order valence-electron chi connectivity index (χ1n) is 9.24. The van der Waals surface area contributed by atoms with Crippen LogP contribution in [-0.4, -0.2) is 34.2 Å². The number of carbonyl (C=O) groups excluding carboxylic acids is 2. The number of esters is 1. The highest BCUT2D eigenvalue weighted by Crippen LogP contribution is 2.33. The average molecular weight is 406 g/mol. The SMILES string of the molecule is CCCOC(=O)CCCN1C(=O)/C(=C\c2ccc(C(C)(C)C)cc2)SC1=S. The van der Waals surface area contributed by atoms with Crippen LogP contribution >= 0.6 is 24.0 Å². The second kappa shape index (κ2) is 9.51. The van der Waals surface area contributed by atoms with Crippen molar-refractivity contribution in [1.82, 2.24) is 4.90 Å². The fraction of sp³-hybridized carbons (Fsp3) is 0.476. The van der Waals surface area contributed by atoms with Gasteiger partial charge in [-0.25, -0.2) is 0 Å². The van der Waals surface area contributed by atoms with Crippen molar-refractivity contribution in [3.63, 3.8) is 0 Å². The van der Waals surface area contributed by atoms with Gasteiger partial charge < -0.3 is 4.74 Å². The highest BCUT2D eigenvalue weighted by atomic mass is 32.2. The molecule has 0 radical (unpaired) electrons. The van der Waals surface area contributed by atoms with Gasteiger partial charge in [0, 0.05) is 13.0 Å². The molecule has 1 aromatic carbocycles. The van der Waals surface area contributed by atoms with Gasteiger partial charge in [0.05, 0.1) is 11.5 Å². The molecule has 0 aliphatic carbocycles. The summed E-state index contributed by atoms with van der Waals surface area (Å²) in [6, 6.07) is 8.23. The Morgan fingerprint density at radius 1 is 1.26 bits per heavy atom. The third kappa shape index (κ3) is 6.18. The fourth-order valence-electron chi connectivity index (χ4n) is 2.59. The molecule has 1 heterocycles. The van der Waals surface area contributed by atoms with E-state index in [4.69, 9.17) is 17.0 Å². The lowest BCUT2D eigenvalue weighted by Crippen LogP contribution is -2.29. The number of benzene rings is 1. The molecule has 4 nitrogen and oxygen atoms in total. The van der Waals surface area contributed by atoms with Crippen molar-refractivity contribution in [2.75, 3.05) is 13.2 Å². The molecule has 2 rings (SSSR count). The van der Waals surface area contributed by atoms with Crippen LogP contribution in [0.25, 0.3) is 6.08 Å². The maximum atomic E-state index is 12.6. The number of amides is 1. The molecule has 1 aliphatic rings. The molecule has 6 heteroatoms. The summed E-state index contributed by atoms with van der Waals surface area (Å²) in [4.78, 5) is 26.4. The van der Waals surface area contributed by atoms with Crippen molar-refractivity contribution in [2.24, 2.45) is 0 Å². The van der Waals surface area contributed by atoms with E-state index in [9.17, 15) is 9.59 Å². The van der Waals surface area contributed by atoms with Gasteiger partial charge in [0.2, 0.25) is 0 Å². The number of thioether (sulfide) groups is 1. The van der Waals surface area contributed by atoms with Crippen molar-refractivity contribution >= 4 is 46.3 Å². The Balaban J connectivity index is 1.96. The lowest BCUT2D eigenvalue weighted by molar-refractivity contribution is -0.144. The number of nitrogens with zero attached hydrogens (tertiary/aromatic N) is 1. The van der Waals surface area contributed by atoms with Crippen molar-refractivity contribution in [1.29, 1.82) is 0 Å². The minimum absolute atomic E-state index is 0.0909. The smallest absolute Gasteiger partial charge is 0.305 e. The minimum Gasteiger partial charge on any atom is -0.466 e. The summed E-state index contributed by atoms with van der Waals surface area (Å²) in [5, 5.41) is 0. The Kier molecular flexibility index (Phi) is 7.62. The van der Waals surface area contributed by atoms with Crippen LogP contribution in [0, 0.1) is 0 Å². The zero-order chi connectivity index (χ0) is 20.0. The van der Waals surface area contributed by atoms with Gasteiger partial charge in [-0.3, -0.25) is 14.5 Å². The topological polar surface area (TPSA) is 46.6 Å². The number of ether oxygens (including phenoxy) is 1. The highest BCUT2D eigenvalue weighted by Gasteiger charge is 2.31. The molecule has 1 aromatic rings. The maximum absolute atomic E-state index is 12.6. The van der Waals surface area contributed by atoms with E-state index in [-0.39, 0.29) is 17.3 Å². The van der Waals surface area contributed by atoms with E-state index in [2.05, 4.69) is 32.9 Å². The summed E-state index contributed by atoms with van der Waals surface area (Å²) in [6.45, 7) is 9.35. The molecule has 1 fully saturated rings. The molecule has 1 aliphatic heterocycles. The van der Waals surface area contributed by atoms with Crippen LogP contribution in [0.5, 0.6) is 0 Å². The lowest BCUT2D eigenvalue weighted by atomic mass is 9.87. The summed E-state index contributed by atoms with van der Waals surface area (Å²) in [6.07, 6.45) is 3.52. The van der Waals surface area contributed by atoms with Gasteiger partial charge in [-0.15, -0.1) is 0 Å². The Morgan fingerprint density at radius 2 is 1.93 bits per heavy atom. The molecule has 0 saturated carbocycles. The first-order chi connectivity index (χ1) is 12.7. The third-order valence-corrected chi connectivity index (χ3v) is 5.56. The molecule has 0 N–H and O–H groups in total. The third-order valence-electron chi connectivity index (χ3n) is 4.18. The van der Waals surface area contributed by atoms with E-state index in [1.807, 2.05) is 25.1 Å². The lowest BCUT2D eigenvalue weighted by Gasteiger charge is -2.18. The van der Waals surface area contributed by atoms with Crippen LogP contribution < -0.4 is 0 Å². The number of rotatable bonds is 7. The van der Waals surface area contributed by atoms with Gasteiger partial charge >= 0.3 is 5.97 Å². The number of hydrogen-bond acceptors (Lipinski definition) is 5. The fourth-order valence-corrected chi connectivity index (χ4v) is 3.90. The molecule has 0 atom stereocenters. The molecule has 0 aromatic heterocycles. The number of thiocarbonyl (C=S) groups is 1. The Morgan fingerprint density at radius 3 is 2.52 bits per heavy atom. The molecule has 146 valence electrons. The van der Waals surface area contributed by atoms with Gasteiger partial charge in [0.25, 0.3) is 5.91 Å². The van der Waals surface area contributed by atoms with Crippen molar-refractivity contribution < 1.29 is 14.3 Å². The second-order valence-corrected chi connectivity index (χ2v) is 9.21. The van der Waals surface area contributed by atoms with Gasteiger partial charge in [-0.05, 0) is 35.5 Å². The normalized spacial score (nSPS) is 16.3. The van der Waals surface area contributed by atoms with Gasteiger partial charge in [-0.2, -0.15) is 0 Å². The van der Waals surface area contributed by atoms with Crippen molar-refractivity contribution in [3.05, 3.63) is 40.3 Å². The number of carbonyl (C=O) groups is 2. The van der Waals surface area contributed by atoms with E-state index >= 15 is 0 Å². The zero-order valence-electron chi connectivity index (χ0n) is 16.4. The van der Waals surface area contributed by atoms with Crippen LogP contribution in [0.1, 0.15) is 58.1 Å². The first-order valence-corrected chi connectivity index (χ1v) is 10.5. The van der Waals surface area contributed by atoms with Gasteiger partial charge in [-0.1, -0.05) is 75.9 Å². The van der Waals surface area contributed by atoms with E-state index in [1.165, 1.54) is 17.3 Å². The van der Waals surface area contributed by atoms with Crippen molar-refractivity contribution in [3.8, 4) is 0 Å². The quantitative estimate of drug-likeness (QED) is 0.366. The van der Waals surface area contributed by atoms with Crippen LogP contribution in [0.2, 0.25) is 0 Å². The van der Waals surface area contributed by atoms with Crippen LogP contribution in [0.3, 0.4) is 0 Å². The molecular formula is C21H27NO3S2. The van der Waals surface area contributed by atoms with Crippen LogP contribution in [0.15, 0.2) is 29.2 Å². The predicted octanol–water partition coefficient (Wildman–Crippen LogP) is 4.92. The molecule has 0 bridgehead atoms. The monoisotopic (exact) mass is 405 g/mol. The van der Waals surface area contributed by atoms with E-state index in [0.29, 0.717) is 35.2 Å². The van der Waals surface area contributed by atoms with E-state index in [1.54, 1.807) is 4.90 Å². The summed E-state index contributed by atoms with van der Waals surface area (Å²) in [5.74, 6) is -0.316. The summed E-state index contributed by atoms with van der Waals surface area (Å²) < 4.78 is 5.59. The minimum atomic E-state index is -0.225. The van der Waals surface area contributed by atoms with E-state index in [0.717, 1.165) is 12.0 Å². The standard InChI is InChI=1S/C21H27NO3S2/c1-5-13-25-18(23)7-6-12-22-19(24)17(27-20(22)26)14-15-8-10-16(11-9-15)21(2,3)4/h8-11,14H,5-7,12-13H2,1-4H3/b17-14+. The maximum Gasteiger partial charge on any atom is 0.305 e. The van der Waals surface area contributed by atoms with Crippen LogP contribution in [0.4, 0.5) is 0 Å². The predicted molar refractivity (Wildman–Crippen MR) is 116 cm³/mol. The summed E-state index contributed by atoms with van der Waals surface area (Å²) in [7, 11) is 0. The van der Waals surface area contributed by atoms with Gasteiger partial charge in [0.1, 0.15) is 4.32 Å². The molecular weight excluding hydrogens is 378 g/mol. The summed E-state index contributed by atoms with van der Waals surface area (Å²) in [5.41, 5.74) is 2.33. The average Bonchev–Trinajstić information content (AvgIpc) is 2.87. The first kappa shape index (κ1) is 21.6. The largest absolute Gasteiger partial charge is 0.466 e. The molecule has 1 saturated heterocycles. The Hall–Kier alpha value is -1.66. The van der Waals surface area contributed by atoms with Crippen molar-refractivity contribution in [2.45, 2.75) is 52.4 Å². The zero-order valence-corrected chi connectivity index (χ0v) is 18.0.